The number of amidine groups is 1. The number of aromatic nitrogens is 2. The summed E-state index contributed by atoms with van der Waals surface area (Å²) in [5, 5.41) is 11.4. The summed E-state index contributed by atoms with van der Waals surface area (Å²) < 4.78 is 0. The summed E-state index contributed by atoms with van der Waals surface area (Å²) in [6.45, 7) is 7.65. The Morgan fingerprint density at radius 3 is 2.62 bits per heavy atom. The lowest BCUT2D eigenvalue weighted by Crippen LogP contribution is -2.47. The molecule has 1 aromatic carbocycles. The lowest BCUT2D eigenvalue weighted by Gasteiger charge is -2.40. The van der Waals surface area contributed by atoms with Gasteiger partial charge in [0.15, 0.2) is 11.6 Å². The third-order valence-electron chi connectivity index (χ3n) is 6.72. The third kappa shape index (κ3) is 3.11. The maximum atomic E-state index is 5.96. The lowest BCUT2D eigenvalue weighted by atomic mass is 9.80. The average Bonchev–Trinajstić information content (AvgIpc) is 3.18. The molecule has 8 heteroatoms. The molecule has 3 aliphatic heterocycles. The van der Waals surface area contributed by atoms with Crippen molar-refractivity contribution < 1.29 is 0 Å². The maximum absolute atomic E-state index is 5.96. The summed E-state index contributed by atoms with van der Waals surface area (Å²) in [6, 6.07) is 8.49. The van der Waals surface area contributed by atoms with Gasteiger partial charge < -0.3 is 25.8 Å². The minimum atomic E-state index is 0.264. The predicted octanol–water partition coefficient (Wildman–Crippen LogP) is 2.51. The number of H-pyrrole nitrogens is 1. The van der Waals surface area contributed by atoms with E-state index in [4.69, 9.17) is 10.7 Å². The van der Waals surface area contributed by atoms with E-state index in [0.29, 0.717) is 0 Å². The number of para-hydroxylation sites is 2. The molecule has 2 aromatic rings. The van der Waals surface area contributed by atoms with E-state index in [2.05, 4.69) is 68.5 Å². The summed E-state index contributed by atoms with van der Waals surface area (Å²) in [6.07, 6.45) is 2.23. The zero-order valence-electron chi connectivity index (χ0n) is 17.3. The van der Waals surface area contributed by atoms with Crippen molar-refractivity contribution in [2.75, 3.05) is 61.4 Å². The van der Waals surface area contributed by atoms with Gasteiger partial charge in [0.2, 0.25) is 0 Å². The van der Waals surface area contributed by atoms with Gasteiger partial charge in [-0.05, 0) is 36.9 Å². The van der Waals surface area contributed by atoms with Crippen LogP contribution in [0.3, 0.4) is 0 Å². The molecular formula is C21H30N8. The Bertz CT molecular complexity index is 925. The van der Waals surface area contributed by atoms with Crippen molar-refractivity contribution in [2.45, 2.75) is 19.8 Å². The maximum Gasteiger partial charge on any atom is 0.180 e. The smallest absolute Gasteiger partial charge is 0.180 e. The lowest BCUT2D eigenvalue weighted by molar-refractivity contribution is 0.175. The average molecular weight is 395 g/mol. The van der Waals surface area contributed by atoms with Gasteiger partial charge in [0, 0.05) is 33.2 Å². The Balaban J connectivity index is 1.40. The number of aliphatic imine (C=N–C) groups is 1. The first-order valence-corrected chi connectivity index (χ1v) is 10.5. The molecule has 0 amide bonds. The molecule has 154 valence electrons. The number of aromatic amines is 1. The first kappa shape index (κ1) is 18.3. The van der Waals surface area contributed by atoms with Crippen molar-refractivity contribution in [3.63, 3.8) is 0 Å². The van der Waals surface area contributed by atoms with E-state index in [1.807, 2.05) is 0 Å². The predicted molar refractivity (Wildman–Crippen MR) is 119 cm³/mol. The summed E-state index contributed by atoms with van der Waals surface area (Å²) >= 11 is 0. The quantitative estimate of drug-likeness (QED) is 0.725. The molecule has 0 radical (unpaired) electrons. The molecule has 0 spiro atoms. The van der Waals surface area contributed by atoms with Crippen LogP contribution in [-0.2, 0) is 0 Å². The van der Waals surface area contributed by atoms with Crippen molar-refractivity contribution in [3.8, 4) is 0 Å². The molecule has 1 aromatic heterocycles. The van der Waals surface area contributed by atoms with Crippen LogP contribution < -0.4 is 20.9 Å². The Hall–Kier alpha value is -2.74. The van der Waals surface area contributed by atoms with E-state index in [-0.39, 0.29) is 5.41 Å². The second-order valence-corrected chi connectivity index (χ2v) is 8.72. The van der Waals surface area contributed by atoms with E-state index in [9.17, 15) is 0 Å². The van der Waals surface area contributed by atoms with Crippen molar-refractivity contribution in [2.24, 2.45) is 16.1 Å². The highest BCUT2D eigenvalue weighted by atomic mass is 15.4. The second kappa shape index (κ2) is 6.95. The number of nitrogens with two attached hydrogens (primary N) is 1. The molecule has 5 rings (SSSR count). The van der Waals surface area contributed by atoms with Crippen LogP contribution in [0.4, 0.5) is 28.7 Å². The second-order valence-electron chi connectivity index (χ2n) is 8.72. The molecule has 29 heavy (non-hydrogen) atoms. The standard InChI is InChI=1S/C21H30N8/c1-21(14-22)7-9-28(10-8-21)17-13-23-18-19(24-17)25-26-20(18)29-12-11-27(2)15-5-3-4-6-16(15)29/h3-6,23H,7-14,22H2,1-2H3,(H,25,26). The number of likely N-dealkylation sites (tertiary alicyclic amines) is 1. The summed E-state index contributed by atoms with van der Waals surface area (Å²) in [5.74, 6) is 2.84. The molecule has 0 saturated carbocycles. The van der Waals surface area contributed by atoms with Gasteiger partial charge in [-0.3, -0.25) is 5.10 Å². The molecule has 3 aliphatic rings. The fraction of sp³-hybridized carbons (Fsp3) is 0.524. The molecule has 1 saturated heterocycles. The normalized spacial score (nSPS) is 20.7. The summed E-state index contributed by atoms with van der Waals surface area (Å²) in [5.41, 5.74) is 9.63. The monoisotopic (exact) mass is 394 g/mol. The van der Waals surface area contributed by atoms with Gasteiger partial charge >= 0.3 is 0 Å². The van der Waals surface area contributed by atoms with E-state index >= 15 is 0 Å². The van der Waals surface area contributed by atoms with Crippen LogP contribution in [-0.4, -0.2) is 67.2 Å². The van der Waals surface area contributed by atoms with Crippen molar-refractivity contribution in [1.29, 1.82) is 0 Å². The van der Waals surface area contributed by atoms with E-state index in [0.717, 1.165) is 75.3 Å². The van der Waals surface area contributed by atoms with Crippen LogP contribution in [0.15, 0.2) is 29.3 Å². The number of benzene rings is 1. The Labute approximate surface area is 171 Å². The number of hydrogen-bond acceptors (Lipinski definition) is 7. The number of rotatable bonds is 2. The van der Waals surface area contributed by atoms with Crippen LogP contribution in [0.2, 0.25) is 0 Å². The zero-order chi connectivity index (χ0) is 20.0. The summed E-state index contributed by atoms with van der Waals surface area (Å²) in [4.78, 5) is 11.9. The highest BCUT2D eigenvalue weighted by Gasteiger charge is 2.32. The molecule has 0 bridgehead atoms. The van der Waals surface area contributed by atoms with Crippen LogP contribution in [0.25, 0.3) is 0 Å². The fourth-order valence-corrected chi connectivity index (χ4v) is 4.52. The molecule has 0 atom stereocenters. The van der Waals surface area contributed by atoms with Gasteiger partial charge in [-0.2, -0.15) is 5.10 Å². The number of anilines is 4. The van der Waals surface area contributed by atoms with Gasteiger partial charge in [-0.15, -0.1) is 0 Å². The van der Waals surface area contributed by atoms with Crippen LogP contribution in [0.5, 0.6) is 0 Å². The van der Waals surface area contributed by atoms with Crippen LogP contribution in [0, 0.1) is 5.41 Å². The van der Waals surface area contributed by atoms with Crippen LogP contribution in [0.1, 0.15) is 19.8 Å². The molecule has 0 aliphatic carbocycles. The first-order valence-electron chi connectivity index (χ1n) is 10.5. The Kier molecular flexibility index (Phi) is 4.38. The van der Waals surface area contributed by atoms with E-state index in [1.165, 1.54) is 11.4 Å². The molecule has 4 heterocycles. The number of nitrogens with zero attached hydrogens (tertiary/aromatic N) is 5. The third-order valence-corrected chi connectivity index (χ3v) is 6.72. The zero-order valence-corrected chi connectivity index (χ0v) is 17.3. The number of piperidine rings is 1. The van der Waals surface area contributed by atoms with Gasteiger partial charge in [0.25, 0.3) is 0 Å². The molecule has 0 unspecified atom stereocenters. The number of fused-ring (bicyclic) bond motifs is 2. The molecule has 8 nitrogen and oxygen atoms in total. The molecule has 1 fully saturated rings. The van der Waals surface area contributed by atoms with Gasteiger partial charge in [0.1, 0.15) is 11.5 Å². The minimum absolute atomic E-state index is 0.264. The van der Waals surface area contributed by atoms with Crippen molar-refractivity contribution >= 4 is 34.5 Å². The number of hydrogen-bond donors (Lipinski definition) is 3. The Morgan fingerprint density at radius 2 is 1.86 bits per heavy atom. The van der Waals surface area contributed by atoms with Gasteiger partial charge in [0.05, 0.1) is 17.9 Å². The van der Waals surface area contributed by atoms with Gasteiger partial charge in [-0.1, -0.05) is 19.1 Å². The van der Waals surface area contributed by atoms with Crippen molar-refractivity contribution in [3.05, 3.63) is 24.3 Å². The van der Waals surface area contributed by atoms with Crippen molar-refractivity contribution in [1.82, 2.24) is 15.1 Å². The number of likely N-dealkylation sites (N-methyl/N-ethyl adjacent to an activating group) is 1. The summed E-state index contributed by atoms with van der Waals surface area (Å²) in [7, 11) is 2.14. The van der Waals surface area contributed by atoms with E-state index in [1.54, 1.807) is 0 Å². The SMILES string of the molecule is CN1CCN(c2n[nH]c3c2NCC(N2CCC(C)(CN)CC2)=N3)c2ccccc21. The highest BCUT2D eigenvalue weighted by Crippen LogP contribution is 2.43. The fourth-order valence-electron chi connectivity index (χ4n) is 4.52. The van der Waals surface area contributed by atoms with Gasteiger partial charge in [-0.25, -0.2) is 4.99 Å². The highest BCUT2D eigenvalue weighted by molar-refractivity contribution is 5.97. The first-order chi connectivity index (χ1) is 14.1. The van der Waals surface area contributed by atoms with Crippen LogP contribution >= 0.6 is 0 Å². The minimum Gasteiger partial charge on any atom is -0.372 e. The molecule has 4 N–H and O–H groups in total. The van der Waals surface area contributed by atoms with E-state index < -0.39 is 0 Å². The number of nitrogens with one attached hydrogen (secondary N) is 2. The topological polar surface area (TPSA) is 88.8 Å². The largest absolute Gasteiger partial charge is 0.372 e. The molecular weight excluding hydrogens is 364 g/mol. The Morgan fingerprint density at radius 1 is 1.10 bits per heavy atom.